The van der Waals surface area contributed by atoms with Crippen LogP contribution in [0.1, 0.15) is 18.4 Å². The van der Waals surface area contributed by atoms with Crippen molar-refractivity contribution in [3.63, 3.8) is 0 Å². The van der Waals surface area contributed by atoms with Gasteiger partial charge in [-0.2, -0.15) is 10.1 Å². The van der Waals surface area contributed by atoms with Gasteiger partial charge in [0.2, 0.25) is 11.7 Å². The zero-order chi connectivity index (χ0) is 15.4. The molecule has 1 atom stereocenters. The topological polar surface area (TPSA) is 68.8 Å². The third-order valence-corrected chi connectivity index (χ3v) is 3.48. The summed E-state index contributed by atoms with van der Waals surface area (Å²) in [6.07, 6.45) is 3.72. The van der Waals surface area contributed by atoms with Crippen molar-refractivity contribution in [1.82, 2.24) is 25.2 Å². The molecule has 0 unspecified atom stereocenters. The standard InChI is InChI=1S/C16H19N5O/c1-12-6-3-4-7-14(12)16-19-15(22-20-16)10-17-13(2)11-21-9-5-8-18-21/h3-9,13,17H,10-11H2,1-2H3/t13-/m0/s1. The molecule has 0 amide bonds. The van der Waals surface area contributed by atoms with Gasteiger partial charge in [0, 0.05) is 24.0 Å². The molecule has 1 N–H and O–H groups in total. The van der Waals surface area contributed by atoms with Crippen LogP contribution in [-0.2, 0) is 13.1 Å². The van der Waals surface area contributed by atoms with Crippen molar-refractivity contribution in [1.29, 1.82) is 0 Å². The minimum Gasteiger partial charge on any atom is -0.338 e. The Morgan fingerprint density at radius 3 is 2.91 bits per heavy atom. The van der Waals surface area contributed by atoms with Gasteiger partial charge in [0.1, 0.15) is 0 Å². The van der Waals surface area contributed by atoms with Gasteiger partial charge in [0.15, 0.2) is 0 Å². The Balaban J connectivity index is 1.59. The molecule has 0 bridgehead atoms. The monoisotopic (exact) mass is 297 g/mol. The molecule has 3 rings (SSSR count). The summed E-state index contributed by atoms with van der Waals surface area (Å²) in [7, 11) is 0. The molecule has 0 spiro atoms. The van der Waals surface area contributed by atoms with E-state index in [1.807, 2.05) is 48.1 Å². The first-order valence-corrected chi connectivity index (χ1v) is 7.32. The van der Waals surface area contributed by atoms with Crippen LogP contribution in [0.25, 0.3) is 11.4 Å². The van der Waals surface area contributed by atoms with Crippen molar-refractivity contribution in [2.24, 2.45) is 0 Å². The lowest BCUT2D eigenvalue weighted by atomic mass is 10.1. The van der Waals surface area contributed by atoms with Gasteiger partial charge in [-0.3, -0.25) is 4.68 Å². The Kier molecular flexibility index (Phi) is 4.29. The summed E-state index contributed by atoms with van der Waals surface area (Å²) < 4.78 is 7.21. The van der Waals surface area contributed by atoms with Crippen molar-refractivity contribution < 1.29 is 4.52 Å². The van der Waals surface area contributed by atoms with E-state index in [1.165, 1.54) is 0 Å². The fourth-order valence-electron chi connectivity index (χ4n) is 2.27. The summed E-state index contributed by atoms with van der Waals surface area (Å²) in [5.41, 5.74) is 2.14. The lowest BCUT2D eigenvalue weighted by molar-refractivity contribution is 0.350. The van der Waals surface area contributed by atoms with Crippen LogP contribution in [0.2, 0.25) is 0 Å². The smallest absolute Gasteiger partial charge is 0.240 e. The molecule has 6 heteroatoms. The molecule has 114 valence electrons. The van der Waals surface area contributed by atoms with Crippen LogP contribution in [0.4, 0.5) is 0 Å². The summed E-state index contributed by atoms with van der Waals surface area (Å²) in [5.74, 6) is 1.22. The highest BCUT2D eigenvalue weighted by atomic mass is 16.5. The van der Waals surface area contributed by atoms with Crippen molar-refractivity contribution in [2.75, 3.05) is 0 Å². The number of aromatic nitrogens is 4. The lowest BCUT2D eigenvalue weighted by Crippen LogP contribution is -2.30. The molecule has 6 nitrogen and oxygen atoms in total. The fourth-order valence-corrected chi connectivity index (χ4v) is 2.27. The Morgan fingerprint density at radius 2 is 2.14 bits per heavy atom. The summed E-state index contributed by atoms with van der Waals surface area (Å²) in [6, 6.07) is 10.2. The molecule has 0 fully saturated rings. The number of hydrogen-bond acceptors (Lipinski definition) is 5. The Hall–Kier alpha value is -2.47. The number of nitrogens with one attached hydrogen (secondary N) is 1. The molecular formula is C16H19N5O. The first-order chi connectivity index (χ1) is 10.7. The highest BCUT2D eigenvalue weighted by Crippen LogP contribution is 2.19. The summed E-state index contributed by atoms with van der Waals surface area (Å²) in [5, 5.41) is 11.6. The van der Waals surface area contributed by atoms with Crippen molar-refractivity contribution in [2.45, 2.75) is 33.0 Å². The quantitative estimate of drug-likeness (QED) is 0.756. The van der Waals surface area contributed by atoms with E-state index in [4.69, 9.17) is 4.52 Å². The molecule has 0 aliphatic rings. The third kappa shape index (κ3) is 3.40. The SMILES string of the molecule is Cc1ccccc1-c1noc(CN[C@@H](C)Cn2cccn2)n1. The lowest BCUT2D eigenvalue weighted by Gasteiger charge is -2.11. The summed E-state index contributed by atoms with van der Waals surface area (Å²) in [6.45, 7) is 5.48. The van der Waals surface area contributed by atoms with E-state index in [2.05, 4.69) is 27.5 Å². The highest BCUT2D eigenvalue weighted by Gasteiger charge is 2.11. The molecule has 0 saturated carbocycles. The van der Waals surface area contributed by atoms with Gasteiger partial charge in [-0.15, -0.1) is 0 Å². The van der Waals surface area contributed by atoms with Gasteiger partial charge in [-0.05, 0) is 25.5 Å². The molecular weight excluding hydrogens is 278 g/mol. The van der Waals surface area contributed by atoms with Crippen molar-refractivity contribution in [3.05, 3.63) is 54.2 Å². The van der Waals surface area contributed by atoms with Crippen LogP contribution in [0.3, 0.4) is 0 Å². The fraction of sp³-hybridized carbons (Fsp3) is 0.312. The summed E-state index contributed by atoms with van der Waals surface area (Å²) >= 11 is 0. The molecule has 0 aliphatic heterocycles. The van der Waals surface area contributed by atoms with E-state index in [-0.39, 0.29) is 6.04 Å². The van der Waals surface area contributed by atoms with Crippen LogP contribution in [0.5, 0.6) is 0 Å². The van der Waals surface area contributed by atoms with Crippen molar-refractivity contribution >= 4 is 0 Å². The zero-order valence-electron chi connectivity index (χ0n) is 12.7. The average molecular weight is 297 g/mol. The van der Waals surface area contributed by atoms with Gasteiger partial charge in [0.25, 0.3) is 0 Å². The van der Waals surface area contributed by atoms with Crippen molar-refractivity contribution in [3.8, 4) is 11.4 Å². The predicted octanol–water partition coefficient (Wildman–Crippen LogP) is 2.42. The van der Waals surface area contributed by atoms with E-state index in [0.29, 0.717) is 18.3 Å². The molecule has 2 heterocycles. The van der Waals surface area contributed by atoms with Crippen LogP contribution >= 0.6 is 0 Å². The largest absolute Gasteiger partial charge is 0.338 e. The van der Waals surface area contributed by atoms with E-state index >= 15 is 0 Å². The predicted molar refractivity (Wildman–Crippen MR) is 83.0 cm³/mol. The molecule has 0 radical (unpaired) electrons. The van der Waals surface area contributed by atoms with Gasteiger partial charge in [-0.1, -0.05) is 29.4 Å². The number of hydrogen-bond donors (Lipinski definition) is 1. The molecule has 0 aliphatic carbocycles. The molecule has 1 aromatic carbocycles. The van der Waals surface area contributed by atoms with Crippen LogP contribution in [0.15, 0.2) is 47.2 Å². The van der Waals surface area contributed by atoms with E-state index in [1.54, 1.807) is 6.20 Å². The first kappa shape index (κ1) is 14.5. The minimum atomic E-state index is 0.258. The van der Waals surface area contributed by atoms with Crippen LogP contribution in [-0.4, -0.2) is 26.0 Å². The number of benzene rings is 1. The summed E-state index contributed by atoms with van der Waals surface area (Å²) in [4.78, 5) is 4.45. The second kappa shape index (κ2) is 6.53. The Morgan fingerprint density at radius 1 is 1.27 bits per heavy atom. The third-order valence-electron chi connectivity index (χ3n) is 3.48. The van der Waals surface area contributed by atoms with Gasteiger partial charge in [0.05, 0.1) is 13.1 Å². The highest BCUT2D eigenvalue weighted by molar-refractivity contribution is 5.58. The number of rotatable bonds is 6. The molecule has 2 aromatic heterocycles. The van der Waals surface area contributed by atoms with E-state index in [9.17, 15) is 0 Å². The second-order valence-electron chi connectivity index (χ2n) is 5.34. The Labute approximate surface area is 129 Å². The minimum absolute atomic E-state index is 0.258. The number of nitrogens with zero attached hydrogens (tertiary/aromatic N) is 4. The zero-order valence-corrected chi connectivity index (χ0v) is 12.7. The maximum Gasteiger partial charge on any atom is 0.240 e. The average Bonchev–Trinajstić information content (AvgIpc) is 3.17. The molecule has 0 saturated heterocycles. The van der Waals surface area contributed by atoms with Gasteiger partial charge >= 0.3 is 0 Å². The Bertz CT molecular complexity index is 720. The maximum absolute atomic E-state index is 5.31. The van der Waals surface area contributed by atoms with E-state index in [0.717, 1.165) is 17.7 Å². The van der Waals surface area contributed by atoms with Crippen LogP contribution in [0, 0.1) is 6.92 Å². The normalized spacial score (nSPS) is 12.5. The molecule has 3 aromatic rings. The van der Waals surface area contributed by atoms with Crippen LogP contribution < -0.4 is 5.32 Å². The van der Waals surface area contributed by atoms with E-state index < -0.39 is 0 Å². The van der Waals surface area contributed by atoms with Gasteiger partial charge in [-0.25, -0.2) is 0 Å². The number of aryl methyl sites for hydroxylation is 1. The van der Waals surface area contributed by atoms with Gasteiger partial charge < -0.3 is 9.84 Å². The molecule has 22 heavy (non-hydrogen) atoms. The maximum atomic E-state index is 5.31. The first-order valence-electron chi connectivity index (χ1n) is 7.32. The second-order valence-corrected chi connectivity index (χ2v) is 5.34.